The van der Waals surface area contributed by atoms with Gasteiger partial charge in [-0.2, -0.15) is 0 Å². The first-order valence-corrected chi connectivity index (χ1v) is 5.78. The molecular formula is C10H9BrN4O. The summed E-state index contributed by atoms with van der Waals surface area (Å²) >= 11 is 3.33. The van der Waals surface area contributed by atoms with Crippen LogP contribution < -0.4 is 5.73 Å². The molecule has 2 heterocycles. The third-order valence-corrected chi connectivity index (χ3v) is 2.92. The van der Waals surface area contributed by atoms with Gasteiger partial charge in [-0.25, -0.2) is 4.98 Å². The van der Waals surface area contributed by atoms with Crippen molar-refractivity contribution in [3.05, 3.63) is 22.6 Å². The number of nitrogens with two attached hydrogens (primary N) is 1. The fourth-order valence-electron chi connectivity index (χ4n) is 1.46. The second-order valence-corrected chi connectivity index (χ2v) is 4.72. The van der Waals surface area contributed by atoms with Gasteiger partial charge in [0.2, 0.25) is 5.89 Å². The third kappa shape index (κ3) is 1.69. The van der Waals surface area contributed by atoms with E-state index in [9.17, 15) is 0 Å². The molecule has 5 nitrogen and oxygen atoms in total. The van der Waals surface area contributed by atoms with Crippen molar-refractivity contribution in [3.63, 3.8) is 0 Å². The molecule has 1 aliphatic rings. The molecule has 0 spiro atoms. The molecular weight excluding hydrogens is 272 g/mol. The van der Waals surface area contributed by atoms with Crippen molar-refractivity contribution in [1.29, 1.82) is 0 Å². The van der Waals surface area contributed by atoms with E-state index in [1.54, 1.807) is 6.20 Å². The van der Waals surface area contributed by atoms with Gasteiger partial charge in [0, 0.05) is 16.6 Å². The molecule has 0 atom stereocenters. The molecule has 2 aromatic rings. The molecule has 2 N–H and O–H groups in total. The summed E-state index contributed by atoms with van der Waals surface area (Å²) in [5.74, 6) is 1.99. The molecule has 0 radical (unpaired) electrons. The minimum absolute atomic E-state index is 0.397. The number of anilines is 1. The van der Waals surface area contributed by atoms with Crippen LogP contribution in [0.1, 0.15) is 24.7 Å². The Morgan fingerprint density at radius 2 is 2.19 bits per heavy atom. The molecule has 16 heavy (non-hydrogen) atoms. The van der Waals surface area contributed by atoms with Gasteiger partial charge in [-0.3, -0.25) is 0 Å². The number of pyridine rings is 1. The highest BCUT2D eigenvalue weighted by Gasteiger charge is 2.29. The van der Waals surface area contributed by atoms with Crippen LogP contribution in [0.4, 0.5) is 5.82 Å². The molecule has 0 unspecified atom stereocenters. The van der Waals surface area contributed by atoms with Crippen molar-refractivity contribution in [2.45, 2.75) is 18.8 Å². The first kappa shape index (κ1) is 9.77. The Hall–Kier alpha value is -1.43. The highest BCUT2D eigenvalue weighted by Crippen LogP contribution is 2.40. The van der Waals surface area contributed by atoms with Crippen LogP contribution in [0, 0.1) is 0 Å². The molecule has 1 aliphatic carbocycles. The Morgan fingerprint density at radius 1 is 1.38 bits per heavy atom. The zero-order valence-electron chi connectivity index (χ0n) is 8.35. The van der Waals surface area contributed by atoms with E-state index in [0.29, 0.717) is 29.1 Å². The molecule has 3 rings (SSSR count). The molecule has 0 bridgehead atoms. The number of nitrogens with zero attached hydrogens (tertiary/aromatic N) is 3. The van der Waals surface area contributed by atoms with Crippen LogP contribution >= 0.6 is 15.9 Å². The Morgan fingerprint density at radius 3 is 2.94 bits per heavy atom. The largest absolute Gasteiger partial charge is 0.420 e. The first-order valence-electron chi connectivity index (χ1n) is 4.99. The lowest BCUT2D eigenvalue weighted by atomic mass is 10.2. The van der Waals surface area contributed by atoms with Crippen molar-refractivity contribution < 1.29 is 4.42 Å². The molecule has 0 aliphatic heterocycles. The molecule has 6 heteroatoms. The summed E-state index contributed by atoms with van der Waals surface area (Å²) in [6.07, 6.45) is 3.90. The van der Waals surface area contributed by atoms with Gasteiger partial charge < -0.3 is 10.2 Å². The summed E-state index contributed by atoms with van der Waals surface area (Å²) < 4.78 is 6.40. The zero-order valence-corrected chi connectivity index (χ0v) is 9.94. The van der Waals surface area contributed by atoms with Crippen LogP contribution in [-0.2, 0) is 0 Å². The van der Waals surface area contributed by atoms with Crippen molar-refractivity contribution in [1.82, 2.24) is 15.2 Å². The van der Waals surface area contributed by atoms with Gasteiger partial charge >= 0.3 is 0 Å². The second-order valence-electron chi connectivity index (χ2n) is 3.81. The topological polar surface area (TPSA) is 77.8 Å². The van der Waals surface area contributed by atoms with Gasteiger partial charge in [0.15, 0.2) is 0 Å². The quantitative estimate of drug-likeness (QED) is 0.914. The molecule has 0 aromatic carbocycles. The fourth-order valence-corrected chi connectivity index (χ4v) is 1.79. The van der Waals surface area contributed by atoms with Crippen LogP contribution in [0.15, 0.2) is 21.2 Å². The molecule has 0 amide bonds. The minimum Gasteiger partial charge on any atom is -0.420 e. The Balaban J connectivity index is 2.03. The minimum atomic E-state index is 0.397. The summed E-state index contributed by atoms with van der Waals surface area (Å²) in [6, 6.07) is 1.83. The second kappa shape index (κ2) is 3.55. The summed E-state index contributed by atoms with van der Waals surface area (Å²) in [6.45, 7) is 0. The van der Waals surface area contributed by atoms with Crippen molar-refractivity contribution in [3.8, 4) is 11.5 Å². The summed E-state index contributed by atoms with van der Waals surface area (Å²) in [5.41, 5.74) is 6.44. The number of rotatable bonds is 2. The van der Waals surface area contributed by atoms with E-state index >= 15 is 0 Å². The average Bonchev–Trinajstić information content (AvgIpc) is 3.01. The lowest BCUT2D eigenvalue weighted by molar-refractivity contribution is 0.508. The zero-order chi connectivity index (χ0) is 11.1. The highest BCUT2D eigenvalue weighted by atomic mass is 79.9. The van der Waals surface area contributed by atoms with Gasteiger partial charge in [-0.1, -0.05) is 0 Å². The standard InChI is InChI=1S/C10H9BrN4O/c11-6-3-7(8(12)13-4-6)10-15-14-9(16-10)5-1-2-5/h3-5H,1-2H2,(H2,12,13). The van der Waals surface area contributed by atoms with E-state index < -0.39 is 0 Å². The molecule has 82 valence electrons. The van der Waals surface area contributed by atoms with E-state index in [4.69, 9.17) is 10.2 Å². The van der Waals surface area contributed by atoms with Crippen LogP contribution in [0.3, 0.4) is 0 Å². The van der Waals surface area contributed by atoms with Gasteiger partial charge in [0.05, 0.1) is 5.56 Å². The lowest BCUT2D eigenvalue weighted by Gasteiger charge is -1.99. The number of hydrogen-bond acceptors (Lipinski definition) is 5. The highest BCUT2D eigenvalue weighted by molar-refractivity contribution is 9.10. The Bertz CT molecular complexity index is 535. The third-order valence-electron chi connectivity index (χ3n) is 2.48. The number of aromatic nitrogens is 3. The molecule has 2 aromatic heterocycles. The van der Waals surface area contributed by atoms with Crippen LogP contribution in [0.5, 0.6) is 0 Å². The maximum absolute atomic E-state index is 5.76. The van der Waals surface area contributed by atoms with E-state index in [0.717, 1.165) is 17.3 Å². The molecule has 0 saturated heterocycles. The number of nitrogen functional groups attached to an aromatic ring is 1. The summed E-state index contributed by atoms with van der Waals surface area (Å²) in [4.78, 5) is 4.03. The van der Waals surface area contributed by atoms with Crippen LogP contribution in [-0.4, -0.2) is 15.2 Å². The van der Waals surface area contributed by atoms with E-state index in [-0.39, 0.29) is 0 Å². The van der Waals surface area contributed by atoms with Gasteiger partial charge in [0.25, 0.3) is 5.89 Å². The van der Waals surface area contributed by atoms with Gasteiger partial charge in [-0.15, -0.1) is 10.2 Å². The maximum Gasteiger partial charge on any atom is 0.251 e. The van der Waals surface area contributed by atoms with Crippen LogP contribution in [0.2, 0.25) is 0 Å². The monoisotopic (exact) mass is 280 g/mol. The summed E-state index contributed by atoms with van der Waals surface area (Å²) in [5, 5.41) is 8.00. The smallest absolute Gasteiger partial charge is 0.251 e. The number of halogens is 1. The van der Waals surface area contributed by atoms with E-state index in [1.807, 2.05) is 6.07 Å². The van der Waals surface area contributed by atoms with Crippen LogP contribution in [0.25, 0.3) is 11.5 Å². The van der Waals surface area contributed by atoms with Crippen molar-refractivity contribution in [2.24, 2.45) is 0 Å². The normalized spacial score (nSPS) is 15.3. The van der Waals surface area contributed by atoms with Crippen molar-refractivity contribution >= 4 is 21.7 Å². The van der Waals surface area contributed by atoms with Gasteiger partial charge in [0.1, 0.15) is 5.82 Å². The first-order chi connectivity index (χ1) is 7.74. The van der Waals surface area contributed by atoms with E-state index in [1.165, 1.54) is 0 Å². The van der Waals surface area contributed by atoms with Crippen molar-refractivity contribution in [2.75, 3.05) is 5.73 Å². The summed E-state index contributed by atoms with van der Waals surface area (Å²) in [7, 11) is 0. The lowest BCUT2D eigenvalue weighted by Crippen LogP contribution is -1.93. The maximum atomic E-state index is 5.76. The molecule has 1 fully saturated rings. The SMILES string of the molecule is Nc1ncc(Br)cc1-c1nnc(C2CC2)o1. The fraction of sp³-hybridized carbons (Fsp3) is 0.300. The van der Waals surface area contributed by atoms with E-state index in [2.05, 4.69) is 31.1 Å². The van der Waals surface area contributed by atoms with Gasteiger partial charge in [-0.05, 0) is 34.8 Å². The Kier molecular flexibility index (Phi) is 2.17. The average molecular weight is 281 g/mol. The predicted molar refractivity (Wildman–Crippen MR) is 61.6 cm³/mol. The Labute approximate surface area is 100 Å². The predicted octanol–water partition coefficient (Wildman–Crippen LogP) is 2.35. The molecule has 1 saturated carbocycles. The number of hydrogen-bond donors (Lipinski definition) is 1.